The van der Waals surface area contributed by atoms with Gasteiger partial charge >= 0.3 is 0 Å². The van der Waals surface area contributed by atoms with Crippen LogP contribution in [0.4, 0.5) is 5.95 Å². The fourth-order valence-corrected chi connectivity index (χ4v) is 1.16. The van der Waals surface area contributed by atoms with Crippen LogP contribution < -0.4 is 15.4 Å². The molecule has 1 rings (SSSR count). The lowest BCUT2D eigenvalue weighted by atomic mass is 10.4. The quantitative estimate of drug-likeness (QED) is 0.556. The number of hydrogen-bond donors (Lipinski definition) is 2. The van der Waals surface area contributed by atoms with E-state index < -0.39 is 0 Å². The number of aryl methyl sites for hydroxylation is 1. The Morgan fingerprint density at radius 2 is 2.35 bits per heavy atom. The molecule has 0 fully saturated rings. The van der Waals surface area contributed by atoms with Crippen molar-refractivity contribution in [2.24, 2.45) is 0 Å². The summed E-state index contributed by atoms with van der Waals surface area (Å²) in [4.78, 5) is 19.6. The lowest BCUT2D eigenvalue weighted by Gasteiger charge is -2.06. The molecular weight excluding hydrogens is 220 g/mol. The Hall–Kier alpha value is -1.95. The van der Waals surface area contributed by atoms with Gasteiger partial charge in [-0.15, -0.1) is 6.58 Å². The number of hydrogen-bond acceptors (Lipinski definition) is 5. The van der Waals surface area contributed by atoms with Crippen molar-refractivity contribution in [3.8, 4) is 5.88 Å². The fraction of sp³-hybridized carbons (Fsp3) is 0.364. The molecule has 0 aliphatic heterocycles. The van der Waals surface area contributed by atoms with E-state index in [-0.39, 0.29) is 18.4 Å². The molecule has 0 saturated carbocycles. The number of rotatable bonds is 6. The maximum absolute atomic E-state index is 11.5. The number of methoxy groups -OCH3 is 1. The molecule has 1 aromatic heterocycles. The number of amides is 1. The van der Waals surface area contributed by atoms with Crippen molar-refractivity contribution in [2.45, 2.75) is 6.92 Å². The predicted molar refractivity (Wildman–Crippen MR) is 65.0 cm³/mol. The van der Waals surface area contributed by atoms with Gasteiger partial charge in [0.15, 0.2) is 0 Å². The van der Waals surface area contributed by atoms with Gasteiger partial charge in [0, 0.05) is 18.3 Å². The highest BCUT2D eigenvalue weighted by Crippen LogP contribution is 2.10. The van der Waals surface area contributed by atoms with Crippen molar-refractivity contribution in [3.63, 3.8) is 0 Å². The van der Waals surface area contributed by atoms with E-state index in [0.717, 1.165) is 5.69 Å². The minimum atomic E-state index is -0.209. The number of anilines is 1. The summed E-state index contributed by atoms with van der Waals surface area (Å²) in [5.74, 6) is 0.457. The maximum atomic E-state index is 11.5. The molecular formula is C11H16N4O2. The molecule has 6 nitrogen and oxygen atoms in total. The van der Waals surface area contributed by atoms with E-state index >= 15 is 0 Å². The molecule has 1 aromatic rings. The van der Waals surface area contributed by atoms with Crippen molar-refractivity contribution in [1.29, 1.82) is 0 Å². The Morgan fingerprint density at radius 1 is 1.59 bits per heavy atom. The van der Waals surface area contributed by atoms with Crippen LogP contribution in [0, 0.1) is 6.92 Å². The van der Waals surface area contributed by atoms with Crippen LogP contribution in [0.3, 0.4) is 0 Å². The number of ether oxygens (including phenoxy) is 1. The first-order valence-corrected chi connectivity index (χ1v) is 5.17. The minimum absolute atomic E-state index is 0.186. The van der Waals surface area contributed by atoms with E-state index in [1.807, 2.05) is 0 Å². The smallest absolute Gasteiger partial charge is 0.240 e. The van der Waals surface area contributed by atoms with Crippen molar-refractivity contribution < 1.29 is 9.53 Å². The van der Waals surface area contributed by atoms with E-state index in [0.29, 0.717) is 12.4 Å². The van der Waals surface area contributed by atoms with E-state index in [1.54, 1.807) is 19.1 Å². The molecule has 0 bridgehead atoms. The van der Waals surface area contributed by atoms with Gasteiger partial charge in [-0.25, -0.2) is 4.98 Å². The zero-order chi connectivity index (χ0) is 12.7. The maximum Gasteiger partial charge on any atom is 0.240 e. The van der Waals surface area contributed by atoms with Crippen LogP contribution in [0.2, 0.25) is 0 Å². The highest BCUT2D eigenvalue weighted by molar-refractivity contribution is 5.90. The lowest BCUT2D eigenvalue weighted by Crippen LogP contribution is -2.28. The molecule has 0 aliphatic carbocycles. The monoisotopic (exact) mass is 236 g/mol. The van der Waals surface area contributed by atoms with Gasteiger partial charge in [0.1, 0.15) is 0 Å². The lowest BCUT2D eigenvalue weighted by molar-refractivity contribution is -0.115. The Bertz CT molecular complexity index is 406. The topological polar surface area (TPSA) is 76.1 Å². The SMILES string of the molecule is C=CCNCC(=O)Nc1nc(C)cc(OC)n1. The second kappa shape index (κ2) is 6.59. The van der Waals surface area contributed by atoms with Crippen molar-refractivity contribution in [3.05, 3.63) is 24.4 Å². The molecule has 0 radical (unpaired) electrons. The van der Waals surface area contributed by atoms with Gasteiger partial charge in [0.05, 0.1) is 13.7 Å². The van der Waals surface area contributed by atoms with E-state index in [4.69, 9.17) is 4.74 Å². The molecule has 0 aliphatic rings. The molecule has 0 spiro atoms. The molecule has 6 heteroatoms. The van der Waals surface area contributed by atoms with Crippen LogP contribution in [0.15, 0.2) is 18.7 Å². The second-order valence-electron chi connectivity index (χ2n) is 3.34. The number of nitrogens with zero attached hydrogens (tertiary/aromatic N) is 2. The Labute approximate surface area is 100 Å². The molecule has 17 heavy (non-hydrogen) atoms. The van der Waals surface area contributed by atoms with Crippen LogP contribution in [0.1, 0.15) is 5.69 Å². The normalized spacial score (nSPS) is 9.76. The van der Waals surface area contributed by atoms with Crippen LogP contribution in [0.25, 0.3) is 0 Å². The standard InChI is InChI=1S/C11H16N4O2/c1-4-5-12-7-9(16)14-11-13-8(2)6-10(15-11)17-3/h4,6,12H,1,5,7H2,2-3H3,(H,13,14,15,16). The van der Waals surface area contributed by atoms with Crippen LogP contribution in [0.5, 0.6) is 5.88 Å². The number of carbonyl (C=O) groups is 1. The molecule has 0 aromatic carbocycles. The molecule has 1 amide bonds. The predicted octanol–water partition coefficient (Wildman–Crippen LogP) is 0.508. The van der Waals surface area contributed by atoms with Crippen LogP contribution >= 0.6 is 0 Å². The summed E-state index contributed by atoms with van der Waals surface area (Å²) in [5, 5.41) is 5.46. The summed E-state index contributed by atoms with van der Waals surface area (Å²) in [6.45, 7) is 6.10. The molecule has 2 N–H and O–H groups in total. The Kier molecular flexibility index (Phi) is 5.09. The zero-order valence-electron chi connectivity index (χ0n) is 9.99. The average Bonchev–Trinajstić information content (AvgIpc) is 2.28. The van der Waals surface area contributed by atoms with Crippen LogP contribution in [-0.4, -0.2) is 36.1 Å². The van der Waals surface area contributed by atoms with Gasteiger partial charge in [0.2, 0.25) is 17.7 Å². The Morgan fingerprint density at radius 3 is 3.00 bits per heavy atom. The molecule has 0 unspecified atom stereocenters. The van der Waals surface area contributed by atoms with E-state index in [2.05, 4.69) is 27.2 Å². The first-order valence-electron chi connectivity index (χ1n) is 5.17. The number of nitrogens with one attached hydrogen (secondary N) is 2. The summed E-state index contributed by atoms with van der Waals surface area (Å²) in [6.07, 6.45) is 1.68. The molecule has 0 saturated heterocycles. The average molecular weight is 236 g/mol. The zero-order valence-corrected chi connectivity index (χ0v) is 9.99. The van der Waals surface area contributed by atoms with E-state index in [1.165, 1.54) is 7.11 Å². The molecule has 92 valence electrons. The third-order valence-electron chi connectivity index (χ3n) is 1.87. The van der Waals surface area contributed by atoms with Crippen molar-refractivity contribution >= 4 is 11.9 Å². The first-order chi connectivity index (χ1) is 8.15. The Balaban J connectivity index is 2.58. The summed E-state index contributed by atoms with van der Waals surface area (Å²) in [7, 11) is 1.51. The summed E-state index contributed by atoms with van der Waals surface area (Å²) < 4.78 is 4.98. The number of carbonyl (C=O) groups excluding carboxylic acids is 1. The third-order valence-corrected chi connectivity index (χ3v) is 1.87. The summed E-state index contributed by atoms with van der Waals surface area (Å²) in [6, 6.07) is 1.69. The third kappa shape index (κ3) is 4.60. The van der Waals surface area contributed by atoms with Crippen molar-refractivity contribution in [1.82, 2.24) is 15.3 Å². The highest BCUT2D eigenvalue weighted by Gasteiger charge is 2.06. The van der Waals surface area contributed by atoms with Crippen LogP contribution in [-0.2, 0) is 4.79 Å². The fourth-order valence-electron chi connectivity index (χ4n) is 1.16. The van der Waals surface area contributed by atoms with Gasteiger partial charge in [-0.05, 0) is 6.92 Å². The van der Waals surface area contributed by atoms with Gasteiger partial charge in [0.25, 0.3) is 0 Å². The largest absolute Gasteiger partial charge is 0.481 e. The highest BCUT2D eigenvalue weighted by atomic mass is 16.5. The number of aromatic nitrogens is 2. The summed E-state index contributed by atoms with van der Waals surface area (Å²) >= 11 is 0. The second-order valence-corrected chi connectivity index (χ2v) is 3.34. The molecule has 1 heterocycles. The van der Waals surface area contributed by atoms with Gasteiger partial charge < -0.3 is 10.1 Å². The minimum Gasteiger partial charge on any atom is -0.481 e. The van der Waals surface area contributed by atoms with Gasteiger partial charge in [-0.2, -0.15) is 4.98 Å². The van der Waals surface area contributed by atoms with Gasteiger partial charge in [-0.3, -0.25) is 10.1 Å². The van der Waals surface area contributed by atoms with E-state index in [9.17, 15) is 4.79 Å². The van der Waals surface area contributed by atoms with Crippen molar-refractivity contribution in [2.75, 3.05) is 25.5 Å². The molecule has 0 atom stereocenters. The first kappa shape index (κ1) is 13.1. The van der Waals surface area contributed by atoms with Gasteiger partial charge in [-0.1, -0.05) is 6.08 Å². The summed E-state index contributed by atoms with van der Waals surface area (Å²) in [5.41, 5.74) is 0.728.